The topological polar surface area (TPSA) is 71.6 Å². The number of aliphatic hydroxyl groups is 1. The van der Waals surface area contributed by atoms with Crippen molar-refractivity contribution in [2.24, 2.45) is 17.1 Å². The van der Waals surface area contributed by atoms with Crippen molar-refractivity contribution in [2.75, 3.05) is 13.1 Å². The van der Waals surface area contributed by atoms with Crippen molar-refractivity contribution in [3.8, 4) is 0 Å². The van der Waals surface area contributed by atoms with Crippen molar-refractivity contribution in [1.29, 1.82) is 0 Å². The van der Waals surface area contributed by atoms with Gasteiger partial charge in [-0.1, -0.05) is 31.2 Å². The van der Waals surface area contributed by atoms with E-state index in [0.717, 1.165) is 45.2 Å². The Kier molecular flexibility index (Phi) is 4.45. The molecule has 3 aliphatic carbocycles. The Labute approximate surface area is 213 Å². The first-order valence-electron chi connectivity index (χ1n) is 14.0. The molecule has 2 bridgehead atoms. The fourth-order valence-corrected chi connectivity index (χ4v) is 9.42. The van der Waals surface area contributed by atoms with Gasteiger partial charge in [0.05, 0.1) is 17.3 Å². The lowest BCUT2D eigenvalue weighted by molar-refractivity contribution is -0.155. The molecule has 0 radical (unpaired) electrons. The maximum Gasteiger partial charge on any atom is 0.0974 e. The first kappa shape index (κ1) is 22.0. The molecule has 2 saturated heterocycles. The average Bonchev–Trinajstić information content (AvgIpc) is 3.38. The number of likely N-dealkylation sites (tertiary alicyclic amines) is 1. The fourth-order valence-electron chi connectivity index (χ4n) is 9.42. The number of nitrogens with zero attached hydrogens (tertiary/aromatic N) is 2. The molecule has 1 unspecified atom stereocenters. The van der Waals surface area contributed by atoms with Gasteiger partial charge in [-0.15, -0.1) is 0 Å². The van der Waals surface area contributed by atoms with E-state index in [1.54, 1.807) is 0 Å². The lowest BCUT2D eigenvalue weighted by atomic mass is 9.58. The van der Waals surface area contributed by atoms with Crippen molar-refractivity contribution >= 4 is 10.8 Å². The second kappa shape index (κ2) is 7.28. The van der Waals surface area contributed by atoms with Crippen LogP contribution in [0.25, 0.3) is 10.8 Å². The minimum Gasteiger partial charge on any atom is -0.391 e. The number of benzene rings is 1. The number of aromatic nitrogens is 1. The highest BCUT2D eigenvalue weighted by molar-refractivity contribution is 5.82. The quantitative estimate of drug-likeness (QED) is 0.660. The van der Waals surface area contributed by atoms with Crippen molar-refractivity contribution in [2.45, 2.75) is 87.2 Å². The second-order valence-corrected chi connectivity index (χ2v) is 12.9. The molecule has 3 aliphatic heterocycles. The number of fused-ring (bicyclic) bond motifs is 2. The van der Waals surface area contributed by atoms with Gasteiger partial charge in [0.1, 0.15) is 0 Å². The maximum absolute atomic E-state index is 11.1. The van der Waals surface area contributed by atoms with Crippen LogP contribution in [-0.2, 0) is 4.74 Å². The summed E-state index contributed by atoms with van der Waals surface area (Å²) in [6, 6.07) is 9.55. The number of rotatable bonds is 2. The van der Waals surface area contributed by atoms with E-state index in [-0.39, 0.29) is 34.8 Å². The van der Waals surface area contributed by atoms with Gasteiger partial charge in [0.15, 0.2) is 0 Å². The van der Waals surface area contributed by atoms with Gasteiger partial charge >= 0.3 is 0 Å². The van der Waals surface area contributed by atoms with Crippen LogP contribution in [0.4, 0.5) is 0 Å². The highest BCUT2D eigenvalue weighted by Crippen LogP contribution is 2.69. The number of ether oxygens (including phenoxy) is 1. The van der Waals surface area contributed by atoms with Crippen LogP contribution in [0.15, 0.2) is 60.0 Å². The average molecular weight is 484 g/mol. The first-order valence-corrected chi connectivity index (χ1v) is 14.0. The maximum atomic E-state index is 11.1. The molecule has 3 N–H and O–H groups in total. The van der Waals surface area contributed by atoms with Gasteiger partial charge in [0.2, 0.25) is 0 Å². The van der Waals surface area contributed by atoms with Crippen molar-refractivity contribution in [3.63, 3.8) is 0 Å². The van der Waals surface area contributed by atoms with E-state index < -0.39 is 0 Å². The summed E-state index contributed by atoms with van der Waals surface area (Å²) < 4.78 is 7.42. The molecule has 2 saturated carbocycles. The molecule has 4 heterocycles. The third kappa shape index (κ3) is 2.78. The van der Waals surface area contributed by atoms with Crippen LogP contribution in [0.2, 0.25) is 0 Å². The Morgan fingerprint density at radius 3 is 2.89 bits per heavy atom. The number of hydrogen-bond donors (Lipinski definition) is 2. The molecule has 0 amide bonds. The third-order valence-corrected chi connectivity index (χ3v) is 11.2. The number of pyridine rings is 1. The smallest absolute Gasteiger partial charge is 0.0974 e. The predicted octanol–water partition coefficient (Wildman–Crippen LogP) is 4.46. The zero-order valence-corrected chi connectivity index (χ0v) is 21.2. The molecule has 36 heavy (non-hydrogen) atoms. The van der Waals surface area contributed by atoms with Crippen LogP contribution in [-0.4, -0.2) is 57.5 Å². The Hall–Kier alpha value is -2.05. The molecule has 1 aromatic heterocycles. The normalized spacial score (nSPS) is 43.9. The van der Waals surface area contributed by atoms with Gasteiger partial charge in [-0.3, -0.25) is 9.88 Å². The standard InChI is InChI=1S/C31H37N3O2/c1-29-8-6-22-13-23-14-27(35)26(34-17-24(32)18-34)15-30(23)9-10-31(22,36-30)28(29)5-4-25(29)20-3-2-19-7-11-33-16-21(19)12-20/h2-3,6-7,11-13,16,24-28,35H,4-5,8-10,14-15,17-18,32H2,1H3/t25-,26+,27+,28-,29-,30-,31?/m1/s1. The van der Waals surface area contributed by atoms with Gasteiger partial charge in [-0.05, 0) is 96.4 Å². The summed E-state index contributed by atoms with van der Waals surface area (Å²) >= 11 is 0. The van der Waals surface area contributed by atoms with Gasteiger partial charge in [0, 0.05) is 43.0 Å². The van der Waals surface area contributed by atoms with Gasteiger partial charge in [-0.25, -0.2) is 0 Å². The van der Waals surface area contributed by atoms with Gasteiger partial charge < -0.3 is 15.6 Å². The van der Waals surface area contributed by atoms with Crippen molar-refractivity contribution in [1.82, 2.24) is 9.88 Å². The summed E-state index contributed by atoms with van der Waals surface area (Å²) in [7, 11) is 0. The summed E-state index contributed by atoms with van der Waals surface area (Å²) in [6.45, 7) is 4.33. The molecule has 2 spiro atoms. The number of aliphatic hydroxyl groups excluding tert-OH is 1. The Balaban J connectivity index is 1.15. The van der Waals surface area contributed by atoms with Crippen molar-refractivity contribution in [3.05, 3.63) is 65.5 Å². The SMILES string of the molecule is C[C@]12CC=C3C=C4C[C@H](O)[C@@H](N5CC(N)C5)C[C@]45CCC3(O5)[C@@H]1CC[C@@H]2c1ccc2ccncc2c1. The third-order valence-electron chi connectivity index (χ3n) is 11.2. The molecule has 2 aromatic rings. The van der Waals surface area contributed by atoms with Crippen LogP contribution >= 0.6 is 0 Å². The molecule has 6 aliphatic rings. The van der Waals surface area contributed by atoms with Crippen LogP contribution in [0.1, 0.15) is 63.4 Å². The monoisotopic (exact) mass is 483 g/mol. The minimum atomic E-state index is -0.321. The second-order valence-electron chi connectivity index (χ2n) is 12.9. The Morgan fingerprint density at radius 2 is 2.03 bits per heavy atom. The van der Waals surface area contributed by atoms with Crippen LogP contribution in [0.3, 0.4) is 0 Å². The summed E-state index contributed by atoms with van der Waals surface area (Å²) in [5.41, 5.74) is 10.1. The van der Waals surface area contributed by atoms with Crippen molar-refractivity contribution < 1.29 is 9.84 Å². The zero-order valence-electron chi connectivity index (χ0n) is 21.2. The summed E-state index contributed by atoms with van der Waals surface area (Å²) in [4.78, 5) is 6.77. The lowest BCUT2D eigenvalue weighted by Crippen LogP contribution is -2.65. The fraction of sp³-hybridized carbons (Fsp3) is 0.581. The molecule has 5 nitrogen and oxygen atoms in total. The number of allylic oxidation sites excluding steroid dienone is 1. The van der Waals surface area contributed by atoms with E-state index in [1.165, 1.54) is 40.3 Å². The highest BCUT2D eigenvalue weighted by atomic mass is 16.5. The molecule has 5 heteroatoms. The molecule has 1 aromatic carbocycles. The lowest BCUT2D eigenvalue weighted by Gasteiger charge is -2.56. The zero-order chi connectivity index (χ0) is 24.3. The molecule has 188 valence electrons. The van der Waals surface area contributed by atoms with Gasteiger partial charge in [0.25, 0.3) is 0 Å². The molecular weight excluding hydrogens is 446 g/mol. The molecule has 4 fully saturated rings. The Bertz CT molecular complexity index is 1310. The van der Waals surface area contributed by atoms with Crippen LogP contribution in [0, 0.1) is 11.3 Å². The predicted molar refractivity (Wildman–Crippen MR) is 140 cm³/mol. The van der Waals surface area contributed by atoms with E-state index in [2.05, 4.69) is 53.2 Å². The molecular formula is C31H37N3O2. The summed E-state index contributed by atoms with van der Waals surface area (Å²) in [5.74, 6) is 1.06. The number of hydrogen-bond acceptors (Lipinski definition) is 5. The first-order chi connectivity index (χ1) is 17.4. The van der Waals surface area contributed by atoms with E-state index >= 15 is 0 Å². The number of nitrogens with two attached hydrogens (primary N) is 1. The minimum absolute atomic E-state index is 0.165. The van der Waals surface area contributed by atoms with Gasteiger partial charge in [-0.2, -0.15) is 0 Å². The largest absolute Gasteiger partial charge is 0.391 e. The van der Waals surface area contributed by atoms with Crippen LogP contribution in [0.5, 0.6) is 0 Å². The highest BCUT2D eigenvalue weighted by Gasteiger charge is 2.67. The van der Waals surface area contributed by atoms with E-state index in [0.29, 0.717) is 11.8 Å². The summed E-state index contributed by atoms with van der Waals surface area (Å²) in [5, 5.41) is 13.6. The van der Waals surface area contributed by atoms with Crippen LogP contribution < -0.4 is 5.73 Å². The summed E-state index contributed by atoms with van der Waals surface area (Å²) in [6.07, 6.45) is 15.9. The van der Waals surface area contributed by atoms with E-state index in [1.807, 2.05) is 12.4 Å². The Morgan fingerprint density at radius 1 is 1.14 bits per heavy atom. The molecule has 7 atom stereocenters. The molecule has 8 rings (SSSR count). The van der Waals surface area contributed by atoms with E-state index in [9.17, 15) is 5.11 Å². The van der Waals surface area contributed by atoms with E-state index in [4.69, 9.17) is 10.5 Å².